The molecule has 0 amide bonds. The monoisotopic (exact) mass is 288 g/mol. The van der Waals surface area contributed by atoms with Crippen LogP contribution in [0.5, 0.6) is 0 Å². The van der Waals surface area contributed by atoms with Crippen LogP contribution in [0.3, 0.4) is 0 Å². The summed E-state index contributed by atoms with van der Waals surface area (Å²) in [6.45, 7) is 0. The van der Waals surface area contributed by atoms with Crippen LogP contribution in [0.25, 0.3) is 0 Å². The van der Waals surface area contributed by atoms with Crippen LogP contribution in [0.2, 0.25) is 0 Å². The average Bonchev–Trinajstić information content (AvgIpc) is 2.11. The van der Waals surface area contributed by atoms with Gasteiger partial charge in [-0.05, 0) is 0 Å². The summed E-state index contributed by atoms with van der Waals surface area (Å²) in [5.41, 5.74) is 0. The molecule has 1 atom stereocenters. The van der Waals surface area contributed by atoms with Crippen molar-refractivity contribution in [2.45, 2.75) is 0 Å². The van der Waals surface area contributed by atoms with E-state index < -0.39 is 40.4 Å². The molecule has 0 radical (unpaired) electrons. The second kappa shape index (κ2) is 8.64. The van der Waals surface area contributed by atoms with Crippen LogP contribution in [-0.2, 0) is 11.4 Å². The molecule has 1 rings (SSSR count). The van der Waals surface area contributed by atoms with Gasteiger partial charge < -0.3 is 9.11 Å². The van der Waals surface area contributed by atoms with Crippen LogP contribution < -0.4 is 51.4 Å². The first-order valence-electron chi connectivity index (χ1n) is 3.04. The van der Waals surface area contributed by atoms with E-state index in [1.807, 2.05) is 0 Å². The molecule has 0 saturated carbocycles. The summed E-state index contributed by atoms with van der Waals surface area (Å²) in [5, 5.41) is 0. The summed E-state index contributed by atoms with van der Waals surface area (Å²) in [6.07, 6.45) is 0. The van der Waals surface area contributed by atoms with Crippen molar-refractivity contribution in [2.75, 3.05) is 0 Å². The van der Waals surface area contributed by atoms with Crippen molar-refractivity contribution in [3.63, 3.8) is 0 Å². The molecule has 0 aliphatic carbocycles. The minimum Gasteiger partial charge on any atom is -0.750 e. The van der Waals surface area contributed by atoms with Crippen molar-refractivity contribution in [1.29, 1.82) is 0 Å². The molecule has 0 fully saturated rings. The first-order valence-corrected chi connectivity index (χ1v) is 4.07. The Balaban J connectivity index is 0. The Labute approximate surface area is 132 Å². The molecule has 0 aliphatic rings. The van der Waals surface area contributed by atoms with Gasteiger partial charge in [-0.15, -0.1) is 0 Å². The molecule has 1 aromatic carbocycles. The summed E-state index contributed by atoms with van der Waals surface area (Å²) in [7, 11) is 0. The number of halogens is 5. The van der Waals surface area contributed by atoms with Gasteiger partial charge in [0, 0.05) is 6.07 Å². The molecular formula is C6H2F5KO3S. The summed E-state index contributed by atoms with van der Waals surface area (Å²) in [5.74, 6) is -9.65. The molecule has 0 aromatic heterocycles. The topological polar surface area (TPSA) is 60.4 Å². The molecule has 0 spiro atoms. The van der Waals surface area contributed by atoms with Crippen molar-refractivity contribution in [2.24, 2.45) is 0 Å². The quantitative estimate of drug-likeness (QED) is 0.213. The van der Waals surface area contributed by atoms with Gasteiger partial charge in [0.05, 0.1) is 11.4 Å². The molecule has 0 aliphatic heterocycles. The third kappa shape index (κ3) is 6.35. The molecule has 0 bridgehead atoms. The predicted octanol–water partition coefficient (Wildman–Crippen LogP) is -1.28. The fourth-order valence-corrected chi connectivity index (χ4v) is 0.544. The maximum absolute atomic E-state index is 12.0. The van der Waals surface area contributed by atoms with Gasteiger partial charge in [0.25, 0.3) is 0 Å². The molecule has 0 heterocycles. The van der Waals surface area contributed by atoms with E-state index in [1.165, 1.54) is 0 Å². The Morgan fingerprint density at radius 3 is 1.50 bits per heavy atom. The molecule has 1 aromatic rings. The van der Waals surface area contributed by atoms with Crippen LogP contribution >= 0.6 is 0 Å². The Morgan fingerprint density at radius 1 is 1.00 bits per heavy atom. The molecule has 10 heteroatoms. The van der Waals surface area contributed by atoms with Crippen LogP contribution in [0, 0.1) is 29.1 Å². The minimum absolute atomic E-state index is 0. The van der Waals surface area contributed by atoms with Gasteiger partial charge in [-0.1, -0.05) is 0 Å². The van der Waals surface area contributed by atoms with Crippen LogP contribution in [0.4, 0.5) is 22.0 Å². The van der Waals surface area contributed by atoms with Crippen molar-refractivity contribution in [1.82, 2.24) is 0 Å². The number of benzene rings is 1. The molecular weight excluding hydrogens is 286 g/mol. The van der Waals surface area contributed by atoms with Crippen molar-refractivity contribution in [3.8, 4) is 0 Å². The SMILES string of the molecule is Fc1cc(F)c(F)c(F)c1F.O=S([O-])O.[K+]. The normalized spacial score (nSPS) is 10.9. The van der Waals surface area contributed by atoms with Gasteiger partial charge in [0.15, 0.2) is 23.3 Å². The molecule has 1 unspecified atom stereocenters. The Morgan fingerprint density at radius 2 is 1.25 bits per heavy atom. The number of rotatable bonds is 0. The third-order valence-corrected chi connectivity index (χ3v) is 1.06. The van der Waals surface area contributed by atoms with Gasteiger partial charge in [-0.2, -0.15) is 0 Å². The van der Waals surface area contributed by atoms with E-state index >= 15 is 0 Å². The van der Waals surface area contributed by atoms with E-state index in [2.05, 4.69) is 0 Å². The van der Waals surface area contributed by atoms with E-state index in [-0.39, 0.29) is 57.5 Å². The van der Waals surface area contributed by atoms with Gasteiger partial charge in [0.2, 0.25) is 5.82 Å². The summed E-state index contributed by atoms with van der Waals surface area (Å²) in [6, 6.07) is -0.0618. The van der Waals surface area contributed by atoms with Crippen molar-refractivity contribution < 1.29 is 86.7 Å². The van der Waals surface area contributed by atoms with Crippen LogP contribution in [-0.4, -0.2) is 13.3 Å². The first-order chi connectivity index (χ1) is 6.77. The third-order valence-electron chi connectivity index (χ3n) is 1.06. The fraction of sp³-hybridized carbons (Fsp3) is 0. The predicted molar refractivity (Wildman–Crippen MR) is 37.8 cm³/mol. The summed E-state index contributed by atoms with van der Waals surface area (Å²) >= 11 is -2.86. The van der Waals surface area contributed by atoms with E-state index in [0.29, 0.717) is 0 Å². The van der Waals surface area contributed by atoms with E-state index in [9.17, 15) is 22.0 Å². The minimum atomic E-state index is -2.86. The van der Waals surface area contributed by atoms with Crippen LogP contribution in [0.15, 0.2) is 6.07 Å². The van der Waals surface area contributed by atoms with Crippen LogP contribution in [0.1, 0.15) is 0 Å². The summed E-state index contributed by atoms with van der Waals surface area (Å²) < 4.78 is 84.1. The first kappa shape index (κ1) is 18.9. The molecule has 86 valence electrons. The summed E-state index contributed by atoms with van der Waals surface area (Å²) in [4.78, 5) is 0. The van der Waals surface area contributed by atoms with Gasteiger partial charge >= 0.3 is 51.4 Å². The zero-order chi connectivity index (χ0) is 12.2. The second-order valence-electron chi connectivity index (χ2n) is 2.00. The number of hydrogen-bond acceptors (Lipinski definition) is 2. The molecule has 3 nitrogen and oxygen atoms in total. The maximum Gasteiger partial charge on any atom is 1.00 e. The standard InChI is InChI=1S/C6HF5.K.H2O3S/c7-2-1-3(8)5(10)6(11)4(2)9;;1-4(2)3/h1H;;(H2,1,2,3)/q;+1;/p-1. The zero-order valence-corrected chi connectivity index (χ0v) is 11.6. The van der Waals surface area contributed by atoms with Gasteiger partial charge in [-0.3, -0.25) is 0 Å². The van der Waals surface area contributed by atoms with Crippen molar-refractivity contribution in [3.05, 3.63) is 35.2 Å². The number of hydrogen-bond donors (Lipinski definition) is 1. The molecule has 16 heavy (non-hydrogen) atoms. The fourth-order valence-electron chi connectivity index (χ4n) is 0.544. The smallest absolute Gasteiger partial charge is 0.750 e. The van der Waals surface area contributed by atoms with E-state index in [4.69, 9.17) is 13.3 Å². The Hall–Kier alpha value is 0.576. The molecule has 0 saturated heterocycles. The average molecular weight is 288 g/mol. The molecule has 1 N–H and O–H groups in total. The van der Waals surface area contributed by atoms with Gasteiger partial charge in [-0.25, -0.2) is 26.2 Å². The Bertz CT molecular complexity index is 359. The van der Waals surface area contributed by atoms with Gasteiger partial charge in [0.1, 0.15) is 0 Å². The van der Waals surface area contributed by atoms with E-state index in [0.717, 1.165) is 0 Å². The van der Waals surface area contributed by atoms with E-state index in [1.54, 1.807) is 0 Å². The Kier molecular flexibility index (Phi) is 10.2. The second-order valence-corrected chi connectivity index (χ2v) is 2.43. The maximum atomic E-state index is 12.0. The van der Waals surface area contributed by atoms with Crippen molar-refractivity contribution >= 4 is 11.4 Å². The largest absolute Gasteiger partial charge is 1.00 e. The zero-order valence-electron chi connectivity index (χ0n) is 7.64.